The van der Waals surface area contributed by atoms with Gasteiger partial charge in [-0.1, -0.05) is 6.08 Å². The Hall–Kier alpha value is -2.38. The third-order valence-corrected chi connectivity index (χ3v) is 4.36. The molecule has 2 aromatic heterocycles. The van der Waals surface area contributed by atoms with Gasteiger partial charge in [0.2, 0.25) is 0 Å². The van der Waals surface area contributed by atoms with Crippen LogP contribution in [0.3, 0.4) is 0 Å². The first kappa shape index (κ1) is 15.2. The van der Waals surface area contributed by atoms with Crippen molar-refractivity contribution in [3.63, 3.8) is 0 Å². The van der Waals surface area contributed by atoms with Crippen molar-refractivity contribution in [3.8, 4) is 11.5 Å². The number of fused-ring (bicyclic) bond motifs is 1. The SMILES string of the molecule is O=c1[nH]c(-c2cnccn2)nc2c1CN(CC1=CCCOC1)CC2. The van der Waals surface area contributed by atoms with Crippen molar-refractivity contribution in [2.24, 2.45) is 0 Å². The molecular weight excluding hydrogens is 306 g/mol. The molecule has 24 heavy (non-hydrogen) atoms. The second-order valence-corrected chi connectivity index (χ2v) is 6.09. The van der Waals surface area contributed by atoms with Gasteiger partial charge in [0.05, 0.1) is 30.7 Å². The first-order valence-corrected chi connectivity index (χ1v) is 8.16. The number of hydrogen-bond acceptors (Lipinski definition) is 6. The first-order valence-electron chi connectivity index (χ1n) is 8.16. The summed E-state index contributed by atoms with van der Waals surface area (Å²) < 4.78 is 5.49. The summed E-state index contributed by atoms with van der Waals surface area (Å²) in [7, 11) is 0. The number of aromatic amines is 1. The average molecular weight is 325 g/mol. The molecular formula is C17H19N5O2. The van der Waals surface area contributed by atoms with E-state index in [2.05, 4.69) is 30.9 Å². The van der Waals surface area contributed by atoms with E-state index in [1.54, 1.807) is 18.6 Å². The van der Waals surface area contributed by atoms with E-state index in [1.807, 2.05) is 0 Å². The van der Waals surface area contributed by atoms with Gasteiger partial charge in [-0.25, -0.2) is 9.97 Å². The highest BCUT2D eigenvalue weighted by Gasteiger charge is 2.22. The van der Waals surface area contributed by atoms with Crippen LogP contribution in [0.15, 0.2) is 35.0 Å². The number of hydrogen-bond donors (Lipinski definition) is 1. The minimum atomic E-state index is -0.0840. The van der Waals surface area contributed by atoms with Crippen molar-refractivity contribution in [2.75, 3.05) is 26.3 Å². The van der Waals surface area contributed by atoms with Gasteiger partial charge in [-0.3, -0.25) is 14.7 Å². The second-order valence-electron chi connectivity index (χ2n) is 6.09. The number of nitrogens with one attached hydrogen (secondary N) is 1. The zero-order chi connectivity index (χ0) is 16.4. The Kier molecular flexibility index (Phi) is 4.18. The van der Waals surface area contributed by atoms with Crippen LogP contribution in [0.5, 0.6) is 0 Å². The normalized spacial score (nSPS) is 18.1. The average Bonchev–Trinajstić information content (AvgIpc) is 2.64. The monoisotopic (exact) mass is 325 g/mol. The van der Waals surface area contributed by atoms with Crippen LogP contribution >= 0.6 is 0 Å². The number of nitrogens with zero attached hydrogens (tertiary/aromatic N) is 4. The van der Waals surface area contributed by atoms with Gasteiger partial charge in [0, 0.05) is 38.4 Å². The van der Waals surface area contributed by atoms with Gasteiger partial charge in [0.25, 0.3) is 5.56 Å². The lowest BCUT2D eigenvalue weighted by Gasteiger charge is -2.29. The van der Waals surface area contributed by atoms with E-state index < -0.39 is 0 Å². The quantitative estimate of drug-likeness (QED) is 0.845. The fourth-order valence-corrected chi connectivity index (χ4v) is 3.16. The molecule has 0 atom stereocenters. The standard InChI is InChI=1S/C17H19N5O2/c23-17-13-10-22(9-12-2-1-7-24-11-12)6-3-14(13)20-16(21-17)15-8-18-4-5-19-15/h2,4-5,8H,1,3,6-7,9-11H2,(H,20,21,23). The van der Waals surface area contributed by atoms with Crippen molar-refractivity contribution in [2.45, 2.75) is 19.4 Å². The van der Waals surface area contributed by atoms with Gasteiger partial charge in [-0.15, -0.1) is 0 Å². The highest BCUT2D eigenvalue weighted by molar-refractivity contribution is 5.47. The van der Waals surface area contributed by atoms with Gasteiger partial charge >= 0.3 is 0 Å². The van der Waals surface area contributed by atoms with Crippen LogP contribution in [0.1, 0.15) is 17.7 Å². The van der Waals surface area contributed by atoms with E-state index in [9.17, 15) is 4.79 Å². The maximum Gasteiger partial charge on any atom is 0.255 e. The van der Waals surface area contributed by atoms with Crippen molar-refractivity contribution < 1.29 is 4.74 Å². The number of rotatable bonds is 3. The topological polar surface area (TPSA) is 84.0 Å². The third kappa shape index (κ3) is 3.13. The van der Waals surface area contributed by atoms with Gasteiger partial charge in [-0.05, 0) is 12.0 Å². The summed E-state index contributed by atoms with van der Waals surface area (Å²) in [6, 6.07) is 0. The van der Waals surface area contributed by atoms with E-state index in [1.165, 1.54) is 5.57 Å². The molecule has 0 amide bonds. The van der Waals surface area contributed by atoms with Crippen molar-refractivity contribution in [1.29, 1.82) is 0 Å². The minimum Gasteiger partial charge on any atom is -0.377 e. The van der Waals surface area contributed by atoms with E-state index in [4.69, 9.17) is 4.74 Å². The largest absolute Gasteiger partial charge is 0.377 e. The Bertz CT molecular complexity index is 815. The Morgan fingerprint density at radius 2 is 2.29 bits per heavy atom. The molecule has 0 aromatic carbocycles. The van der Waals surface area contributed by atoms with E-state index >= 15 is 0 Å². The molecule has 0 saturated carbocycles. The molecule has 4 heterocycles. The highest BCUT2D eigenvalue weighted by Crippen LogP contribution is 2.18. The first-order chi connectivity index (χ1) is 11.8. The predicted octanol–water partition coefficient (Wildman–Crippen LogP) is 0.932. The molecule has 1 N–H and O–H groups in total. The summed E-state index contributed by atoms with van der Waals surface area (Å²) in [6.45, 7) is 3.87. The molecule has 0 radical (unpaired) electrons. The lowest BCUT2D eigenvalue weighted by molar-refractivity contribution is 0.140. The van der Waals surface area contributed by atoms with Gasteiger partial charge in [0.15, 0.2) is 5.82 Å². The van der Waals surface area contributed by atoms with Crippen molar-refractivity contribution >= 4 is 0 Å². The van der Waals surface area contributed by atoms with Crippen molar-refractivity contribution in [3.05, 3.63) is 51.9 Å². The van der Waals surface area contributed by atoms with Gasteiger partial charge in [-0.2, -0.15) is 0 Å². The summed E-state index contributed by atoms with van der Waals surface area (Å²) in [5.41, 5.74) is 3.42. The Labute approximate surface area is 139 Å². The van der Waals surface area contributed by atoms with Crippen LogP contribution < -0.4 is 5.56 Å². The fraction of sp³-hybridized carbons (Fsp3) is 0.412. The van der Waals surface area contributed by atoms with Crippen LogP contribution in [0.25, 0.3) is 11.5 Å². The summed E-state index contributed by atoms with van der Waals surface area (Å²) in [5, 5.41) is 0. The molecule has 4 rings (SSSR count). The van der Waals surface area contributed by atoms with Crippen molar-refractivity contribution in [1.82, 2.24) is 24.8 Å². The molecule has 7 nitrogen and oxygen atoms in total. The molecule has 7 heteroatoms. The number of H-pyrrole nitrogens is 1. The second kappa shape index (κ2) is 6.62. The molecule has 2 aliphatic heterocycles. The van der Waals surface area contributed by atoms with Crippen LogP contribution in [-0.2, 0) is 17.7 Å². The zero-order valence-corrected chi connectivity index (χ0v) is 13.4. The fourth-order valence-electron chi connectivity index (χ4n) is 3.16. The number of aromatic nitrogens is 4. The highest BCUT2D eigenvalue weighted by atomic mass is 16.5. The summed E-state index contributed by atoms with van der Waals surface area (Å²) >= 11 is 0. The van der Waals surface area contributed by atoms with Crippen LogP contribution in [0, 0.1) is 0 Å². The molecule has 0 bridgehead atoms. The minimum absolute atomic E-state index is 0.0840. The smallest absolute Gasteiger partial charge is 0.255 e. The predicted molar refractivity (Wildman–Crippen MR) is 88.4 cm³/mol. The van der Waals surface area contributed by atoms with Crippen LogP contribution in [-0.4, -0.2) is 51.1 Å². The maximum atomic E-state index is 12.5. The zero-order valence-electron chi connectivity index (χ0n) is 13.4. The molecule has 0 saturated heterocycles. The molecule has 124 valence electrons. The summed E-state index contributed by atoms with van der Waals surface area (Å²) in [5.74, 6) is 0.490. The molecule has 2 aliphatic rings. The Balaban J connectivity index is 1.56. The Morgan fingerprint density at radius 3 is 3.08 bits per heavy atom. The van der Waals surface area contributed by atoms with Gasteiger partial charge in [0.1, 0.15) is 5.69 Å². The summed E-state index contributed by atoms with van der Waals surface area (Å²) in [6.07, 6.45) is 8.79. The lowest BCUT2D eigenvalue weighted by atomic mass is 10.1. The van der Waals surface area contributed by atoms with E-state index in [0.717, 1.165) is 43.8 Å². The van der Waals surface area contributed by atoms with Gasteiger partial charge < -0.3 is 9.72 Å². The molecule has 0 unspecified atom stereocenters. The summed E-state index contributed by atoms with van der Waals surface area (Å²) in [4.78, 5) is 30.4. The third-order valence-electron chi connectivity index (χ3n) is 4.36. The van der Waals surface area contributed by atoms with E-state index in [-0.39, 0.29) is 5.56 Å². The lowest BCUT2D eigenvalue weighted by Crippen LogP contribution is -2.37. The molecule has 2 aromatic rings. The van der Waals surface area contributed by atoms with E-state index in [0.29, 0.717) is 24.7 Å². The van der Waals surface area contributed by atoms with Crippen LogP contribution in [0.2, 0.25) is 0 Å². The Morgan fingerprint density at radius 1 is 1.33 bits per heavy atom. The van der Waals surface area contributed by atoms with Crippen LogP contribution in [0.4, 0.5) is 0 Å². The molecule has 0 aliphatic carbocycles. The molecule has 0 spiro atoms. The molecule has 0 fully saturated rings. The number of ether oxygens (including phenoxy) is 1. The maximum absolute atomic E-state index is 12.5.